The molecule has 1 aromatic rings. The highest BCUT2D eigenvalue weighted by Gasteiger charge is 2.38. The Hall–Kier alpha value is -2.80. The Bertz CT molecular complexity index is 807. The van der Waals surface area contributed by atoms with Gasteiger partial charge in [-0.05, 0) is 45.4 Å². The molecule has 0 amide bonds. The van der Waals surface area contributed by atoms with Crippen molar-refractivity contribution in [2.24, 2.45) is 0 Å². The van der Waals surface area contributed by atoms with Crippen molar-refractivity contribution in [3.8, 4) is 5.75 Å². The zero-order valence-electron chi connectivity index (χ0n) is 17.8. The average molecular weight is 403 g/mol. The summed E-state index contributed by atoms with van der Waals surface area (Å²) in [5, 5.41) is 3.13. The van der Waals surface area contributed by atoms with Gasteiger partial charge in [0.2, 0.25) is 0 Å². The second-order valence-corrected chi connectivity index (χ2v) is 6.99. The number of methoxy groups -OCH3 is 2. The topological polar surface area (TPSA) is 83.1 Å². The minimum Gasteiger partial charge on any atom is -0.497 e. The molecule has 0 aliphatic carbocycles. The molecule has 1 unspecified atom stereocenters. The predicted octanol–water partition coefficient (Wildman–Crippen LogP) is 3.07. The van der Waals surface area contributed by atoms with Crippen molar-refractivity contribution in [1.29, 1.82) is 0 Å². The van der Waals surface area contributed by atoms with E-state index in [4.69, 9.17) is 18.9 Å². The van der Waals surface area contributed by atoms with Crippen LogP contribution in [0.5, 0.6) is 5.75 Å². The van der Waals surface area contributed by atoms with Crippen molar-refractivity contribution in [3.05, 3.63) is 52.4 Å². The van der Waals surface area contributed by atoms with Crippen LogP contribution in [-0.4, -0.2) is 45.5 Å². The number of carbonyl (C=O) groups is 2. The fraction of sp³-hybridized carbons (Fsp3) is 0.455. The number of esters is 2. The molecule has 0 saturated heterocycles. The lowest BCUT2D eigenvalue weighted by Gasteiger charge is -2.31. The first kappa shape index (κ1) is 22.5. The van der Waals surface area contributed by atoms with Crippen LogP contribution < -0.4 is 10.1 Å². The van der Waals surface area contributed by atoms with Crippen LogP contribution in [0.25, 0.3) is 0 Å². The standard InChI is InChI=1S/C22H29NO6/c1-13(2)29-22(25)19-15(4)23-14(3)18(21(24)28-12-11-26-5)20(19)16-7-9-17(27-6)10-8-16/h7-10,13,20,23H,11-12H2,1-6H3. The first-order valence-electron chi connectivity index (χ1n) is 9.49. The first-order valence-corrected chi connectivity index (χ1v) is 9.49. The van der Waals surface area contributed by atoms with Gasteiger partial charge in [-0.25, -0.2) is 9.59 Å². The van der Waals surface area contributed by atoms with Crippen LogP contribution in [0, 0.1) is 0 Å². The lowest BCUT2D eigenvalue weighted by atomic mass is 9.80. The predicted molar refractivity (Wildman–Crippen MR) is 108 cm³/mol. The van der Waals surface area contributed by atoms with E-state index in [2.05, 4.69) is 5.32 Å². The Balaban J connectivity index is 2.52. The SMILES string of the molecule is COCCOC(=O)C1=C(C)NC(C)=C(C(=O)OC(C)C)C1c1ccc(OC)cc1. The lowest BCUT2D eigenvalue weighted by molar-refractivity contribution is -0.143. The summed E-state index contributed by atoms with van der Waals surface area (Å²) in [6.45, 7) is 7.56. The maximum atomic E-state index is 12.9. The van der Waals surface area contributed by atoms with Gasteiger partial charge in [0.15, 0.2) is 0 Å². The Morgan fingerprint density at radius 1 is 0.966 bits per heavy atom. The molecule has 0 aromatic heterocycles. The fourth-order valence-electron chi connectivity index (χ4n) is 3.24. The molecular formula is C22H29NO6. The van der Waals surface area contributed by atoms with E-state index in [0.29, 0.717) is 28.3 Å². The molecular weight excluding hydrogens is 374 g/mol. The maximum Gasteiger partial charge on any atom is 0.337 e. The number of carbonyl (C=O) groups excluding carboxylic acids is 2. The van der Waals surface area contributed by atoms with Crippen LogP contribution in [0.4, 0.5) is 0 Å². The molecule has 2 rings (SSSR count). The van der Waals surface area contributed by atoms with Gasteiger partial charge in [-0.15, -0.1) is 0 Å². The van der Waals surface area contributed by atoms with Crippen LogP contribution >= 0.6 is 0 Å². The number of nitrogens with one attached hydrogen (secondary N) is 1. The molecule has 1 aromatic carbocycles. The zero-order chi connectivity index (χ0) is 21.6. The van der Waals surface area contributed by atoms with Crippen molar-refractivity contribution in [3.63, 3.8) is 0 Å². The fourth-order valence-corrected chi connectivity index (χ4v) is 3.24. The monoisotopic (exact) mass is 403 g/mol. The Morgan fingerprint density at radius 3 is 2.07 bits per heavy atom. The number of allylic oxidation sites excluding steroid dienone is 2. The Morgan fingerprint density at radius 2 is 1.55 bits per heavy atom. The smallest absolute Gasteiger partial charge is 0.337 e. The van der Waals surface area contributed by atoms with Gasteiger partial charge in [0.1, 0.15) is 12.4 Å². The second-order valence-electron chi connectivity index (χ2n) is 6.99. The number of dihydropyridines is 1. The minimum absolute atomic E-state index is 0.121. The van der Waals surface area contributed by atoms with Gasteiger partial charge < -0.3 is 24.3 Å². The Kier molecular flexibility index (Phi) is 7.84. The molecule has 7 nitrogen and oxygen atoms in total. The summed E-state index contributed by atoms with van der Waals surface area (Å²) in [5.41, 5.74) is 2.79. The van der Waals surface area contributed by atoms with Crippen LogP contribution in [0.1, 0.15) is 39.2 Å². The van der Waals surface area contributed by atoms with Crippen molar-refractivity contribution in [2.45, 2.75) is 39.7 Å². The lowest BCUT2D eigenvalue weighted by Crippen LogP contribution is -2.33. The van der Waals surface area contributed by atoms with Gasteiger partial charge >= 0.3 is 11.9 Å². The molecule has 1 atom stereocenters. The molecule has 158 valence electrons. The molecule has 7 heteroatoms. The van der Waals surface area contributed by atoms with E-state index in [0.717, 1.165) is 5.56 Å². The number of hydrogen-bond acceptors (Lipinski definition) is 7. The third-order valence-electron chi connectivity index (χ3n) is 4.51. The van der Waals surface area contributed by atoms with Crippen molar-refractivity contribution in [2.75, 3.05) is 27.4 Å². The highest BCUT2D eigenvalue weighted by Crippen LogP contribution is 2.39. The van der Waals surface area contributed by atoms with Crippen molar-refractivity contribution in [1.82, 2.24) is 5.32 Å². The van der Waals surface area contributed by atoms with Gasteiger partial charge in [0.05, 0.1) is 36.9 Å². The van der Waals surface area contributed by atoms with Crippen LogP contribution in [0.2, 0.25) is 0 Å². The van der Waals surface area contributed by atoms with E-state index >= 15 is 0 Å². The first-order chi connectivity index (χ1) is 13.8. The summed E-state index contributed by atoms with van der Waals surface area (Å²) in [4.78, 5) is 25.8. The maximum absolute atomic E-state index is 12.9. The van der Waals surface area contributed by atoms with Crippen LogP contribution in [0.3, 0.4) is 0 Å². The number of hydrogen-bond donors (Lipinski definition) is 1. The molecule has 1 heterocycles. The normalized spacial score (nSPS) is 16.6. The van der Waals surface area contributed by atoms with E-state index in [1.165, 1.54) is 7.11 Å². The number of benzene rings is 1. The summed E-state index contributed by atoms with van der Waals surface area (Å²) >= 11 is 0. The van der Waals surface area contributed by atoms with Gasteiger partial charge in [-0.3, -0.25) is 0 Å². The van der Waals surface area contributed by atoms with Gasteiger partial charge in [-0.2, -0.15) is 0 Å². The third-order valence-corrected chi connectivity index (χ3v) is 4.51. The summed E-state index contributed by atoms with van der Waals surface area (Å²) < 4.78 is 21.0. The molecule has 0 spiro atoms. The number of ether oxygens (including phenoxy) is 4. The highest BCUT2D eigenvalue weighted by molar-refractivity contribution is 5.99. The largest absolute Gasteiger partial charge is 0.497 e. The molecule has 0 fully saturated rings. The molecule has 1 aliphatic rings. The molecule has 0 radical (unpaired) electrons. The van der Waals surface area contributed by atoms with Crippen molar-refractivity contribution < 1.29 is 28.5 Å². The van der Waals surface area contributed by atoms with E-state index in [1.807, 2.05) is 12.1 Å². The van der Waals surface area contributed by atoms with Gasteiger partial charge in [0, 0.05) is 18.5 Å². The summed E-state index contributed by atoms with van der Waals surface area (Å²) in [6.07, 6.45) is -0.288. The average Bonchev–Trinajstić information content (AvgIpc) is 2.66. The highest BCUT2D eigenvalue weighted by atomic mass is 16.6. The summed E-state index contributed by atoms with van der Waals surface area (Å²) in [5.74, 6) is -0.918. The van der Waals surface area contributed by atoms with Gasteiger partial charge in [-0.1, -0.05) is 12.1 Å². The third kappa shape index (κ3) is 5.38. The summed E-state index contributed by atoms with van der Waals surface area (Å²) in [7, 11) is 3.12. The quantitative estimate of drug-likeness (QED) is 0.527. The van der Waals surface area contributed by atoms with E-state index < -0.39 is 17.9 Å². The molecule has 1 aliphatic heterocycles. The van der Waals surface area contributed by atoms with E-state index in [-0.39, 0.29) is 19.3 Å². The minimum atomic E-state index is -0.622. The van der Waals surface area contributed by atoms with Crippen LogP contribution in [-0.2, 0) is 23.8 Å². The van der Waals surface area contributed by atoms with Gasteiger partial charge in [0.25, 0.3) is 0 Å². The molecule has 29 heavy (non-hydrogen) atoms. The molecule has 0 bridgehead atoms. The molecule has 0 saturated carbocycles. The second kappa shape index (κ2) is 10.1. The van der Waals surface area contributed by atoms with Crippen LogP contribution in [0.15, 0.2) is 46.8 Å². The van der Waals surface area contributed by atoms with E-state index in [1.54, 1.807) is 46.9 Å². The zero-order valence-corrected chi connectivity index (χ0v) is 17.8. The molecule has 1 N–H and O–H groups in total. The van der Waals surface area contributed by atoms with Crippen molar-refractivity contribution >= 4 is 11.9 Å². The summed E-state index contributed by atoms with van der Waals surface area (Å²) in [6, 6.07) is 7.25. The van der Waals surface area contributed by atoms with E-state index in [9.17, 15) is 9.59 Å². The Labute approximate surface area is 171 Å². The number of rotatable bonds is 8.